The molecule has 1 amide bonds. The van der Waals surface area contributed by atoms with Gasteiger partial charge in [-0.05, 0) is 24.5 Å². The second-order valence-electron chi connectivity index (χ2n) is 8.36. The van der Waals surface area contributed by atoms with Gasteiger partial charge in [0.25, 0.3) is 0 Å². The molecule has 1 aromatic rings. The van der Waals surface area contributed by atoms with E-state index < -0.39 is 17.5 Å². The zero-order valence-corrected chi connectivity index (χ0v) is 16.6. The van der Waals surface area contributed by atoms with Gasteiger partial charge in [0.1, 0.15) is 17.2 Å². The summed E-state index contributed by atoms with van der Waals surface area (Å²) in [5, 5.41) is 9.64. The molecule has 3 rings (SSSR count). The topological polar surface area (TPSA) is 76.1 Å². The SMILES string of the molecule is CCOC=C1C(=O)c2ccc(F)cc2OC12CCN(C(=O)O)C(C(C)(C)C)C2. The summed E-state index contributed by atoms with van der Waals surface area (Å²) >= 11 is 0. The van der Waals surface area contributed by atoms with Gasteiger partial charge in [0, 0.05) is 31.5 Å². The Labute approximate surface area is 163 Å². The van der Waals surface area contributed by atoms with E-state index in [4.69, 9.17) is 9.47 Å². The molecule has 152 valence electrons. The number of nitrogens with zero attached hydrogens (tertiary/aromatic N) is 1. The second-order valence-corrected chi connectivity index (χ2v) is 8.36. The lowest BCUT2D eigenvalue weighted by molar-refractivity contribution is -0.0318. The van der Waals surface area contributed by atoms with Crippen molar-refractivity contribution in [3.8, 4) is 5.75 Å². The third-order valence-corrected chi connectivity index (χ3v) is 5.50. The average Bonchev–Trinajstić information content (AvgIpc) is 2.60. The molecule has 1 spiro atoms. The Kier molecular flexibility index (Phi) is 5.12. The van der Waals surface area contributed by atoms with E-state index in [0.717, 1.165) is 0 Å². The van der Waals surface area contributed by atoms with E-state index in [-0.39, 0.29) is 47.9 Å². The van der Waals surface area contributed by atoms with Gasteiger partial charge >= 0.3 is 6.09 Å². The molecule has 0 radical (unpaired) electrons. The van der Waals surface area contributed by atoms with Crippen LogP contribution in [0.3, 0.4) is 0 Å². The van der Waals surface area contributed by atoms with Crippen molar-refractivity contribution in [2.45, 2.75) is 52.2 Å². The Morgan fingerprint density at radius 2 is 2.18 bits per heavy atom. The molecule has 1 N–H and O–H groups in total. The summed E-state index contributed by atoms with van der Waals surface area (Å²) in [7, 11) is 0. The highest BCUT2D eigenvalue weighted by Crippen LogP contribution is 2.47. The van der Waals surface area contributed by atoms with Crippen LogP contribution in [-0.4, -0.2) is 46.7 Å². The number of piperidine rings is 1. The van der Waals surface area contributed by atoms with Crippen LogP contribution in [0.15, 0.2) is 30.0 Å². The molecule has 0 bridgehead atoms. The summed E-state index contributed by atoms with van der Waals surface area (Å²) in [5.74, 6) is -0.574. The number of carbonyl (C=O) groups excluding carboxylic acids is 1. The van der Waals surface area contributed by atoms with Crippen molar-refractivity contribution in [2.24, 2.45) is 5.41 Å². The van der Waals surface area contributed by atoms with Crippen molar-refractivity contribution in [1.82, 2.24) is 4.90 Å². The van der Waals surface area contributed by atoms with Crippen LogP contribution in [0.25, 0.3) is 0 Å². The Hall–Kier alpha value is -2.57. The van der Waals surface area contributed by atoms with Crippen molar-refractivity contribution in [1.29, 1.82) is 0 Å². The van der Waals surface area contributed by atoms with Crippen molar-refractivity contribution < 1.29 is 28.6 Å². The summed E-state index contributed by atoms with van der Waals surface area (Å²) in [6, 6.07) is 3.46. The quantitative estimate of drug-likeness (QED) is 0.603. The Morgan fingerprint density at radius 1 is 1.46 bits per heavy atom. The van der Waals surface area contributed by atoms with E-state index in [1.54, 1.807) is 0 Å². The van der Waals surface area contributed by atoms with Crippen molar-refractivity contribution in [2.75, 3.05) is 13.2 Å². The van der Waals surface area contributed by atoms with Crippen LogP contribution >= 0.6 is 0 Å². The van der Waals surface area contributed by atoms with E-state index in [1.807, 2.05) is 27.7 Å². The highest BCUT2D eigenvalue weighted by molar-refractivity contribution is 6.12. The fourth-order valence-corrected chi connectivity index (χ4v) is 4.03. The van der Waals surface area contributed by atoms with Crippen LogP contribution in [0.5, 0.6) is 5.75 Å². The summed E-state index contributed by atoms with van der Waals surface area (Å²) < 4.78 is 25.5. The molecule has 0 aliphatic carbocycles. The zero-order chi connectivity index (χ0) is 20.7. The molecule has 7 heteroatoms. The highest BCUT2D eigenvalue weighted by Gasteiger charge is 2.53. The van der Waals surface area contributed by atoms with Crippen LogP contribution in [0, 0.1) is 11.2 Å². The van der Waals surface area contributed by atoms with Crippen LogP contribution in [-0.2, 0) is 4.74 Å². The van der Waals surface area contributed by atoms with Gasteiger partial charge in [0.05, 0.1) is 24.0 Å². The lowest BCUT2D eigenvalue weighted by Crippen LogP contribution is -2.60. The third-order valence-electron chi connectivity index (χ3n) is 5.50. The average molecular weight is 391 g/mol. The third kappa shape index (κ3) is 3.45. The molecule has 2 heterocycles. The van der Waals surface area contributed by atoms with E-state index >= 15 is 0 Å². The molecule has 1 fully saturated rings. The molecule has 28 heavy (non-hydrogen) atoms. The molecule has 1 aromatic carbocycles. The molecule has 2 aliphatic heterocycles. The first kappa shape index (κ1) is 20.2. The molecule has 2 aliphatic rings. The largest absolute Gasteiger partial charge is 0.501 e. The number of carbonyl (C=O) groups is 2. The summed E-state index contributed by atoms with van der Waals surface area (Å²) in [5.41, 5.74) is -0.799. The number of ether oxygens (including phenoxy) is 2. The number of halogens is 1. The number of benzene rings is 1. The van der Waals surface area contributed by atoms with Crippen molar-refractivity contribution in [3.05, 3.63) is 41.4 Å². The number of hydrogen-bond acceptors (Lipinski definition) is 4. The molecule has 6 nitrogen and oxygen atoms in total. The standard InChI is InChI=1S/C21H26FNO5/c1-5-27-12-15-18(24)14-7-6-13(22)10-16(14)28-21(15)8-9-23(19(25)26)17(11-21)20(2,3)4/h6-7,10,12,17H,5,8-9,11H2,1-4H3,(H,25,26). The van der Waals surface area contributed by atoms with Gasteiger partial charge in [-0.3, -0.25) is 4.79 Å². The number of rotatable bonds is 2. The molecular formula is C21H26FNO5. The van der Waals surface area contributed by atoms with Gasteiger partial charge in [-0.15, -0.1) is 0 Å². The summed E-state index contributed by atoms with van der Waals surface area (Å²) in [6.45, 7) is 8.27. The van der Waals surface area contributed by atoms with Crippen LogP contribution in [0.4, 0.5) is 9.18 Å². The maximum Gasteiger partial charge on any atom is 0.407 e. The fourth-order valence-electron chi connectivity index (χ4n) is 4.03. The van der Waals surface area contributed by atoms with E-state index in [2.05, 4.69) is 0 Å². The van der Waals surface area contributed by atoms with E-state index in [0.29, 0.717) is 12.2 Å². The van der Waals surface area contributed by atoms with Crippen LogP contribution in [0.1, 0.15) is 50.9 Å². The lowest BCUT2D eigenvalue weighted by Gasteiger charge is -2.51. The maximum absolute atomic E-state index is 13.8. The van der Waals surface area contributed by atoms with Crippen LogP contribution in [0.2, 0.25) is 0 Å². The van der Waals surface area contributed by atoms with Gasteiger partial charge in [0.2, 0.25) is 0 Å². The first-order valence-electron chi connectivity index (χ1n) is 9.44. The van der Waals surface area contributed by atoms with Gasteiger partial charge in [-0.1, -0.05) is 20.8 Å². The minimum Gasteiger partial charge on any atom is -0.501 e. The minimum absolute atomic E-state index is 0.190. The number of ketones is 1. The molecule has 2 atom stereocenters. The first-order chi connectivity index (χ1) is 13.1. The highest BCUT2D eigenvalue weighted by atomic mass is 19.1. The Bertz CT molecular complexity index is 829. The lowest BCUT2D eigenvalue weighted by atomic mass is 9.70. The van der Waals surface area contributed by atoms with Crippen molar-refractivity contribution in [3.63, 3.8) is 0 Å². The monoisotopic (exact) mass is 391 g/mol. The van der Waals surface area contributed by atoms with E-state index in [9.17, 15) is 19.1 Å². The van der Waals surface area contributed by atoms with Gasteiger partial charge in [-0.2, -0.15) is 0 Å². The van der Waals surface area contributed by atoms with Gasteiger partial charge in [-0.25, -0.2) is 9.18 Å². The maximum atomic E-state index is 13.8. The minimum atomic E-state index is -1.06. The summed E-state index contributed by atoms with van der Waals surface area (Å²) in [6.07, 6.45) is 0.986. The summed E-state index contributed by atoms with van der Waals surface area (Å²) in [4.78, 5) is 26.4. The Morgan fingerprint density at radius 3 is 2.79 bits per heavy atom. The molecular weight excluding hydrogens is 365 g/mol. The molecule has 2 unspecified atom stereocenters. The van der Waals surface area contributed by atoms with Gasteiger partial charge < -0.3 is 19.5 Å². The number of likely N-dealkylation sites (tertiary alicyclic amines) is 1. The van der Waals surface area contributed by atoms with E-state index in [1.165, 1.54) is 29.4 Å². The number of Topliss-reactive ketones (excluding diaryl/α,β-unsaturated/α-hetero) is 1. The van der Waals surface area contributed by atoms with Crippen molar-refractivity contribution >= 4 is 11.9 Å². The number of fused-ring (bicyclic) bond motifs is 1. The predicted octanol–water partition coefficient (Wildman–Crippen LogP) is 4.25. The zero-order valence-electron chi connectivity index (χ0n) is 16.6. The first-order valence-corrected chi connectivity index (χ1v) is 9.44. The smallest absolute Gasteiger partial charge is 0.407 e. The predicted molar refractivity (Wildman–Crippen MR) is 101 cm³/mol. The molecule has 0 aromatic heterocycles. The van der Waals surface area contributed by atoms with Gasteiger partial charge in [0.15, 0.2) is 5.78 Å². The van der Waals surface area contributed by atoms with Crippen LogP contribution < -0.4 is 4.74 Å². The molecule has 1 saturated heterocycles. The second kappa shape index (κ2) is 7.11. The number of amides is 1. The molecule has 0 saturated carbocycles. The normalized spacial score (nSPS) is 26.2. The number of hydrogen-bond donors (Lipinski definition) is 1. The number of carboxylic acid groups (broad SMARTS) is 1. The Balaban J connectivity index is 2.10. The fraction of sp³-hybridized carbons (Fsp3) is 0.524.